The van der Waals surface area contributed by atoms with Gasteiger partial charge in [-0.3, -0.25) is 9.69 Å². The number of carbonyl (C=O) groups is 2. The van der Waals surface area contributed by atoms with Crippen LogP contribution in [0.3, 0.4) is 0 Å². The molecule has 0 radical (unpaired) electrons. The largest absolute Gasteiger partial charge is 0.490 e. The summed E-state index contributed by atoms with van der Waals surface area (Å²) in [5.41, 5.74) is 0.852. The summed E-state index contributed by atoms with van der Waals surface area (Å²) < 4.78 is 39.5. The van der Waals surface area contributed by atoms with Gasteiger partial charge in [0.05, 0.1) is 12.1 Å². The number of aliphatic carboxylic acids is 1. The number of ether oxygens (including phenoxy) is 1. The van der Waals surface area contributed by atoms with Crippen LogP contribution in [0.15, 0.2) is 42.7 Å². The van der Waals surface area contributed by atoms with Gasteiger partial charge in [0.25, 0.3) is 5.91 Å². The first-order valence-corrected chi connectivity index (χ1v) is 10.5. The molecule has 1 unspecified atom stereocenters. The first-order chi connectivity index (χ1) is 15.5. The van der Waals surface area contributed by atoms with E-state index in [4.69, 9.17) is 14.6 Å². The highest BCUT2D eigenvalue weighted by Gasteiger charge is 2.51. The van der Waals surface area contributed by atoms with Crippen molar-refractivity contribution in [1.29, 1.82) is 0 Å². The summed E-state index contributed by atoms with van der Waals surface area (Å²) in [5, 5.41) is 7.12. The van der Waals surface area contributed by atoms with Crippen molar-refractivity contribution in [1.82, 2.24) is 19.4 Å². The molecular formula is C22H27F3N4O4. The van der Waals surface area contributed by atoms with E-state index in [1.165, 1.54) is 0 Å². The third kappa shape index (κ3) is 5.84. The van der Waals surface area contributed by atoms with Crippen LogP contribution in [0.5, 0.6) is 5.88 Å². The smallest absolute Gasteiger partial charge is 0.477 e. The number of nitrogens with zero attached hydrogens (tertiary/aromatic N) is 4. The third-order valence-electron chi connectivity index (χ3n) is 6.12. The van der Waals surface area contributed by atoms with Crippen LogP contribution in [0.1, 0.15) is 23.3 Å². The maximum atomic E-state index is 12.7. The Hall–Kier alpha value is -3.08. The molecule has 1 amide bonds. The Morgan fingerprint density at radius 1 is 1.21 bits per heavy atom. The summed E-state index contributed by atoms with van der Waals surface area (Å²) in [6.07, 6.45) is 0.773. The Kier molecular flexibility index (Phi) is 7.31. The molecule has 2 aliphatic rings. The SMILES string of the molecule is CN1CCC(COc2ccccn2)CC12CN(C(=O)c1cccn1C)C2.O=C(O)C(F)(F)F. The number of amides is 1. The average Bonchev–Trinajstić information content (AvgIpc) is 3.17. The van der Waals surface area contributed by atoms with Crippen LogP contribution in [0.4, 0.5) is 13.2 Å². The van der Waals surface area contributed by atoms with Gasteiger partial charge in [0.1, 0.15) is 5.69 Å². The molecule has 0 aliphatic carbocycles. The topological polar surface area (TPSA) is 87.9 Å². The van der Waals surface area contributed by atoms with Crippen molar-refractivity contribution >= 4 is 11.9 Å². The number of piperidine rings is 1. The fourth-order valence-corrected chi connectivity index (χ4v) is 4.21. The van der Waals surface area contributed by atoms with Gasteiger partial charge in [-0.1, -0.05) is 6.07 Å². The van der Waals surface area contributed by atoms with Gasteiger partial charge in [0.2, 0.25) is 5.88 Å². The van der Waals surface area contributed by atoms with Crippen LogP contribution in [-0.4, -0.2) is 81.3 Å². The predicted octanol–water partition coefficient (Wildman–Crippen LogP) is 2.67. The molecular weight excluding hydrogens is 441 g/mol. The van der Waals surface area contributed by atoms with E-state index in [2.05, 4.69) is 16.9 Å². The Bertz CT molecular complexity index is 958. The van der Waals surface area contributed by atoms with E-state index in [9.17, 15) is 18.0 Å². The Labute approximate surface area is 189 Å². The summed E-state index contributed by atoms with van der Waals surface area (Å²) >= 11 is 0. The van der Waals surface area contributed by atoms with Gasteiger partial charge in [-0.05, 0) is 50.6 Å². The van der Waals surface area contributed by atoms with Gasteiger partial charge in [0.15, 0.2) is 0 Å². The van der Waals surface area contributed by atoms with Gasteiger partial charge < -0.3 is 19.3 Å². The summed E-state index contributed by atoms with van der Waals surface area (Å²) in [7, 11) is 4.10. The van der Waals surface area contributed by atoms with E-state index in [0.29, 0.717) is 18.4 Å². The van der Waals surface area contributed by atoms with Crippen LogP contribution < -0.4 is 4.74 Å². The van der Waals surface area contributed by atoms with Crippen molar-refractivity contribution in [3.05, 3.63) is 48.4 Å². The number of hydrogen-bond acceptors (Lipinski definition) is 5. The molecule has 1 N–H and O–H groups in total. The zero-order chi connectivity index (χ0) is 24.2. The molecule has 2 aromatic heterocycles. The van der Waals surface area contributed by atoms with Gasteiger partial charge in [-0.15, -0.1) is 0 Å². The van der Waals surface area contributed by atoms with Crippen LogP contribution in [0.25, 0.3) is 0 Å². The summed E-state index contributed by atoms with van der Waals surface area (Å²) in [6, 6.07) is 9.54. The molecule has 1 spiro atoms. The number of aromatic nitrogens is 2. The standard InChI is InChI=1S/C20H26N4O2.C2HF3O2/c1-22-10-5-6-17(22)19(25)24-14-20(15-24)12-16(8-11-23(20)2)13-26-18-7-3-4-9-21-18;3-2(4,5)1(6)7/h3-7,9-10,16H,8,11-15H2,1-2H3;(H,6,7). The molecule has 180 valence electrons. The van der Waals surface area contributed by atoms with Crippen molar-refractivity contribution in [2.75, 3.05) is 33.3 Å². The lowest BCUT2D eigenvalue weighted by Crippen LogP contribution is -2.72. The number of likely N-dealkylation sites (N-methyl/N-ethyl adjacent to an activating group) is 1. The molecule has 0 aromatic carbocycles. The zero-order valence-electron chi connectivity index (χ0n) is 18.5. The monoisotopic (exact) mass is 468 g/mol. The fourth-order valence-electron chi connectivity index (χ4n) is 4.21. The van der Waals surface area contributed by atoms with E-state index in [1.807, 2.05) is 53.0 Å². The van der Waals surface area contributed by atoms with Gasteiger partial charge in [-0.25, -0.2) is 9.78 Å². The number of alkyl halides is 3. The van der Waals surface area contributed by atoms with Crippen molar-refractivity contribution in [2.24, 2.45) is 13.0 Å². The molecule has 2 aliphatic heterocycles. The van der Waals surface area contributed by atoms with Gasteiger partial charge in [-0.2, -0.15) is 13.2 Å². The lowest BCUT2D eigenvalue weighted by Gasteiger charge is -2.58. The number of carbonyl (C=O) groups excluding carboxylic acids is 1. The minimum atomic E-state index is -5.08. The first-order valence-electron chi connectivity index (χ1n) is 10.5. The molecule has 8 nitrogen and oxygen atoms in total. The van der Waals surface area contributed by atoms with E-state index in [-0.39, 0.29) is 11.4 Å². The molecule has 0 saturated carbocycles. The molecule has 4 heterocycles. The number of carboxylic acid groups (broad SMARTS) is 1. The van der Waals surface area contributed by atoms with E-state index < -0.39 is 12.1 Å². The lowest BCUT2D eigenvalue weighted by atomic mass is 9.75. The number of aryl methyl sites for hydroxylation is 1. The highest BCUT2D eigenvalue weighted by atomic mass is 19.4. The Balaban J connectivity index is 0.000000383. The van der Waals surface area contributed by atoms with E-state index in [1.54, 1.807) is 6.20 Å². The van der Waals surface area contributed by atoms with Crippen molar-refractivity contribution in [3.63, 3.8) is 0 Å². The maximum absolute atomic E-state index is 12.7. The molecule has 2 aromatic rings. The molecule has 11 heteroatoms. The van der Waals surface area contributed by atoms with Gasteiger partial charge in [0, 0.05) is 38.6 Å². The second kappa shape index (κ2) is 9.82. The Morgan fingerprint density at radius 2 is 1.91 bits per heavy atom. The lowest BCUT2D eigenvalue weighted by molar-refractivity contribution is -0.192. The van der Waals surface area contributed by atoms with Crippen LogP contribution in [0.2, 0.25) is 0 Å². The number of pyridine rings is 1. The van der Waals surface area contributed by atoms with Crippen LogP contribution in [0, 0.1) is 5.92 Å². The first kappa shape index (κ1) is 24.6. The highest BCUT2D eigenvalue weighted by molar-refractivity contribution is 5.93. The third-order valence-corrected chi connectivity index (χ3v) is 6.12. The normalized spacial score (nSPS) is 19.9. The molecule has 33 heavy (non-hydrogen) atoms. The van der Waals surface area contributed by atoms with Crippen molar-refractivity contribution < 1.29 is 32.6 Å². The average molecular weight is 468 g/mol. The second-order valence-electron chi connectivity index (χ2n) is 8.45. The number of carboxylic acids is 1. The van der Waals surface area contributed by atoms with Crippen LogP contribution >= 0.6 is 0 Å². The highest BCUT2D eigenvalue weighted by Crippen LogP contribution is 2.39. The minimum absolute atomic E-state index is 0.0945. The molecule has 1 atom stereocenters. The minimum Gasteiger partial charge on any atom is -0.477 e. The summed E-state index contributed by atoms with van der Waals surface area (Å²) in [4.78, 5) is 30.2. The zero-order valence-corrected chi connectivity index (χ0v) is 18.5. The second-order valence-corrected chi connectivity index (χ2v) is 8.45. The van der Waals surface area contributed by atoms with Crippen molar-refractivity contribution in [2.45, 2.75) is 24.6 Å². The maximum Gasteiger partial charge on any atom is 0.490 e. The molecule has 4 rings (SSSR count). The van der Waals surface area contributed by atoms with Crippen LogP contribution in [-0.2, 0) is 11.8 Å². The molecule has 0 bridgehead atoms. The number of hydrogen-bond donors (Lipinski definition) is 1. The number of rotatable bonds is 4. The van der Waals surface area contributed by atoms with Crippen molar-refractivity contribution in [3.8, 4) is 5.88 Å². The van der Waals surface area contributed by atoms with E-state index >= 15 is 0 Å². The van der Waals surface area contributed by atoms with E-state index in [0.717, 1.165) is 38.2 Å². The molecule has 2 fully saturated rings. The quantitative estimate of drug-likeness (QED) is 0.743. The summed E-state index contributed by atoms with van der Waals surface area (Å²) in [6.45, 7) is 3.34. The number of halogens is 3. The predicted molar refractivity (Wildman–Crippen MR) is 113 cm³/mol. The van der Waals surface area contributed by atoms with Gasteiger partial charge >= 0.3 is 12.1 Å². The fraction of sp³-hybridized carbons (Fsp3) is 0.500. The Morgan fingerprint density at radius 3 is 2.45 bits per heavy atom. The summed E-state index contributed by atoms with van der Waals surface area (Å²) in [5.74, 6) is -1.44. The number of likely N-dealkylation sites (tertiary alicyclic amines) is 2. The molecule has 2 saturated heterocycles.